The van der Waals surface area contributed by atoms with Gasteiger partial charge in [-0.05, 0) is 69.0 Å². The molecule has 1 aromatic carbocycles. The lowest BCUT2D eigenvalue weighted by molar-refractivity contribution is -0.0809. The van der Waals surface area contributed by atoms with Crippen LogP contribution in [0.5, 0.6) is 0 Å². The third kappa shape index (κ3) is 2.42. The van der Waals surface area contributed by atoms with E-state index in [1.54, 1.807) is 0 Å². The van der Waals surface area contributed by atoms with Crippen LogP contribution in [0.25, 0.3) is 10.9 Å². The Morgan fingerprint density at radius 3 is 2.59 bits per heavy atom. The summed E-state index contributed by atoms with van der Waals surface area (Å²) < 4.78 is 5.75. The maximum Gasteiger partial charge on any atom is 0.110 e. The average molecular weight is 296 g/mol. The number of nitrogens with zero attached hydrogens (tertiary/aromatic N) is 2. The molecule has 116 valence electrons. The Balaban J connectivity index is 1.61. The van der Waals surface area contributed by atoms with Crippen molar-refractivity contribution in [3.05, 3.63) is 41.6 Å². The highest BCUT2D eigenvalue weighted by Crippen LogP contribution is 2.43. The normalized spacial score (nSPS) is 21.1. The summed E-state index contributed by atoms with van der Waals surface area (Å²) >= 11 is 0. The Kier molecular flexibility index (Phi) is 3.63. The Hall–Kier alpha value is -1.45. The first-order chi connectivity index (χ1) is 10.8. The summed E-state index contributed by atoms with van der Waals surface area (Å²) in [7, 11) is 1.81. The van der Waals surface area contributed by atoms with E-state index in [1.165, 1.54) is 43.3 Å². The van der Waals surface area contributed by atoms with Crippen molar-refractivity contribution in [1.82, 2.24) is 9.88 Å². The fraction of sp³-hybridized carbons (Fsp3) is 0.526. The number of hydrogen-bond acceptors (Lipinski definition) is 3. The summed E-state index contributed by atoms with van der Waals surface area (Å²) in [6.45, 7) is 3.55. The van der Waals surface area contributed by atoms with Gasteiger partial charge in [0.1, 0.15) is 5.60 Å². The van der Waals surface area contributed by atoms with Gasteiger partial charge in [-0.25, -0.2) is 4.98 Å². The first kappa shape index (κ1) is 14.2. The van der Waals surface area contributed by atoms with Crippen LogP contribution in [0.2, 0.25) is 0 Å². The molecule has 0 bridgehead atoms. The molecule has 1 saturated heterocycles. The molecule has 0 spiro atoms. The number of fused-ring (bicyclic) bond motifs is 1. The van der Waals surface area contributed by atoms with Gasteiger partial charge in [0.25, 0.3) is 0 Å². The third-order valence-electron chi connectivity index (χ3n) is 5.38. The van der Waals surface area contributed by atoms with Gasteiger partial charge in [0.05, 0.1) is 11.2 Å². The monoisotopic (exact) mass is 296 g/mol. The van der Waals surface area contributed by atoms with Gasteiger partial charge in [-0.2, -0.15) is 0 Å². The lowest BCUT2D eigenvalue weighted by Crippen LogP contribution is -2.36. The van der Waals surface area contributed by atoms with E-state index < -0.39 is 0 Å². The molecular formula is C19H24N2O. The lowest BCUT2D eigenvalue weighted by atomic mass is 9.77. The first-order valence-corrected chi connectivity index (χ1v) is 8.47. The number of benzene rings is 1. The van der Waals surface area contributed by atoms with Crippen molar-refractivity contribution in [2.24, 2.45) is 0 Å². The van der Waals surface area contributed by atoms with Gasteiger partial charge in [0.15, 0.2) is 0 Å². The minimum Gasteiger partial charge on any atom is -0.372 e. The Morgan fingerprint density at radius 2 is 1.91 bits per heavy atom. The molecule has 1 aliphatic heterocycles. The SMILES string of the molecule is COC1(c2ccc3cc(CN4CCCC4)ccc3n2)CCC1. The summed E-state index contributed by atoms with van der Waals surface area (Å²) in [4.78, 5) is 7.41. The number of aromatic nitrogens is 1. The Labute approximate surface area is 132 Å². The highest BCUT2D eigenvalue weighted by molar-refractivity contribution is 5.79. The van der Waals surface area contributed by atoms with Gasteiger partial charge in [0, 0.05) is 19.0 Å². The van der Waals surface area contributed by atoms with Gasteiger partial charge in [-0.3, -0.25) is 4.90 Å². The molecule has 2 fully saturated rings. The summed E-state index contributed by atoms with van der Waals surface area (Å²) in [5.74, 6) is 0. The van der Waals surface area contributed by atoms with E-state index in [0.717, 1.165) is 30.6 Å². The van der Waals surface area contributed by atoms with Crippen LogP contribution >= 0.6 is 0 Å². The van der Waals surface area contributed by atoms with Gasteiger partial charge in [-0.15, -0.1) is 0 Å². The van der Waals surface area contributed by atoms with Crippen LogP contribution < -0.4 is 0 Å². The van der Waals surface area contributed by atoms with Crippen molar-refractivity contribution in [3.63, 3.8) is 0 Å². The molecule has 3 heteroatoms. The smallest absolute Gasteiger partial charge is 0.110 e. The molecule has 1 aliphatic carbocycles. The topological polar surface area (TPSA) is 25.4 Å². The molecule has 0 N–H and O–H groups in total. The number of pyridine rings is 1. The predicted molar refractivity (Wildman–Crippen MR) is 88.8 cm³/mol. The van der Waals surface area contributed by atoms with E-state index in [1.807, 2.05) is 7.11 Å². The zero-order valence-corrected chi connectivity index (χ0v) is 13.3. The zero-order valence-electron chi connectivity index (χ0n) is 13.3. The first-order valence-electron chi connectivity index (χ1n) is 8.47. The van der Waals surface area contributed by atoms with Crippen LogP contribution in [0, 0.1) is 0 Å². The maximum atomic E-state index is 5.75. The second-order valence-electron chi connectivity index (χ2n) is 6.76. The molecule has 3 nitrogen and oxygen atoms in total. The molecular weight excluding hydrogens is 272 g/mol. The van der Waals surface area contributed by atoms with Crippen LogP contribution in [0.3, 0.4) is 0 Å². The largest absolute Gasteiger partial charge is 0.372 e. The molecule has 22 heavy (non-hydrogen) atoms. The van der Waals surface area contributed by atoms with Crippen LogP contribution in [-0.2, 0) is 16.9 Å². The quantitative estimate of drug-likeness (QED) is 0.856. The molecule has 0 unspecified atom stereocenters. The number of likely N-dealkylation sites (tertiary alicyclic amines) is 1. The fourth-order valence-corrected chi connectivity index (χ4v) is 3.79. The fourth-order valence-electron chi connectivity index (χ4n) is 3.79. The van der Waals surface area contributed by atoms with E-state index in [4.69, 9.17) is 9.72 Å². The highest BCUT2D eigenvalue weighted by Gasteiger charge is 2.40. The van der Waals surface area contributed by atoms with Gasteiger partial charge in [0.2, 0.25) is 0 Å². The molecule has 0 amide bonds. The van der Waals surface area contributed by atoms with Crippen molar-refractivity contribution in [2.45, 2.75) is 44.2 Å². The lowest BCUT2D eigenvalue weighted by Gasteiger charge is -2.39. The molecule has 0 atom stereocenters. The van der Waals surface area contributed by atoms with Gasteiger partial charge >= 0.3 is 0 Å². The standard InChI is InChI=1S/C19H24N2O/c1-22-19(9-4-10-19)18-8-6-16-13-15(5-7-17(16)20-18)14-21-11-2-3-12-21/h5-8,13H,2-4,9-12,14H2,1H3. The molecule has 1 saturated carbocycles. The van der Waals surface area contributed by atoms with Gasteiger partial charge in [-0.1, -0.05) is 12.1 Å². The zero-order chi connectivity index (χ0) is 15.0. The Morgan fingerprint density at radius 1 is 1.09 bits per heavy atom. The second-order valence-corrected chi connectivity index (χ2v) is 6.76. The molecule has 0 radical (unpaired) electrons. The van der Waals surface area contributed by atoms with E-state index in [9.17, 15) is 0 Å². The second kappa shape index (κ2) is 5.64. The van der Waals surface area contributed by atoms with E-state index in [-0.39, 0.29) is 5.60 Å². The van der Waals surface area contributed by atoms with Crippen molar-refractivity contribution >= 4 is 10.9 Å². The van der Waals surface area contributed by atoms with Crippen molar-refractivity contribution < 1.29 is 4.74 Å². The maximum absolute atomic E-state index is 5.75. The van der Waals surface area contributed by atoms with Crippen molar-refractivity contribution in [1.29, 1.82) is 0 Å². The number of methoxy groups -OCH3 is 1. The molecule has 4 rings (SSSR count). The summed E-state index contributed by atoms with van der Waals surface area (Å²) in [5.41, 5.74) is 3.46. The van der Waals surface area contributed by atoms with Crippen molar-refractivity contribution in [3.8, 4) is 0 Å². The van der Waals surface area contributed by atoms with Crippen LogP contribution in [0.4, 0.5) is 0 Å². The number of ether oxygens (including phenoxy) is 1. The van der Waals surface area contributed by atoms with E-state index >= 15 is 0 Å². The summed E-state index contributed by atoms with van der Waals surface area (Å²) in [6.07, 6.45) is 6.11. The summed E-state index contributed by atoms with van der Waals surface area (Å²) in [6, 6.07) is 11.1. The van der Waals surface area contributed by atoms with Crippen molar-refractivity contribution in [2.75, 3.05) is 20.2 Å². The van der Waals surface area contributed by atoms with E-state index in [0.29, 0.717) is 0 Å². The molecule has 2 heterocycles. The summed E-state index contributed by atoms with van der Waals surface area (Å²) in [5, 5.41) is 1.24. The minimum absolute atomic E-state index is 0.123. The van der Waals surface area contributed by atoms with Crippen LogP contribution in [0.1, 0.15) is 43.4 Å². The number of rotatable bonds is 4. The third-order valence-corrected chi connectivity index (χ3v) is 5.38. The van der Waals surface area contributed by atoms with Gasteiger partial charge < -0.3 is 4.74 Å². The molecule has 1 aromatic heterocycles. The molecule has 2 aromatic rings. The highest BCUT2D eigenvalue weighted by atomic mass is 16.5. The van der Waals surface area contributed by atoms with E-state index in [2.05, 4.69) is 35.2 Å². The number of hydrogen-bond donors (Lipinski definition) is 0. The minimum atomic E-state index is -0.123. The predicted octanol–water partition coefficient (Wildman–Crippen LogP) is 3.86. The van der Waals surface area contributed by atoms with Crippen LogP contribution in [0.15, 0.2) is 30.3 Å². The Bertz CT molecular complexity index is 667. The average Bonchev–Trinajstić information content (AvgIpc) is 3.00. The molecule has 2 aliphatic rings. The van der Waals surface area contributed by atoms with Crippen LogP contribution in [-0.4, -0.2) is 30.1 Å².